The van der Waals surface area contributed by atoms with E-state index in [1.807, 2.05) is 0 Å². The first-order valence-corrected chi connectivity index (χ1v) is 9.07. The van der Waals surface area contributed by atoms with E-state index in [-0.39, 0.29) is 15.9 Å². The summed E-state index contributed by atoms with van der Waals surface area (Å²) < 4.78 is 0. The molecule has 0 radical (unpaired) electrons. The zero-order valence-corrected chi connectivity index (χ0v) is 15.6. The van der Waals surface area contributed by atoms with Gasteiger partial charge in [-0.1, -0.05) is 63.7 Å². The fourth-order valence-corrected chi connectivity index (χ4v) is 3.69. The largest absolute Gasteiger partial charge is 0.288 e. The highest BCUT2D eigenvalue weighted by atomic mass is 32.2. The molecule has 0 aliphatic heterocycles. The molecular formula is C20H28OS. The van der Waals surface area contributed by atoms with Crippen LogP contribution >= 0.6 is 11.8 Å². The molecular weight excluding hydrogens is 288 g/mol. The van der Waals surface area contributed by atoms with Crippen LogP contribution in [-0.4, -0.2) is 10.9 Å². The van der Waals surface area contributed by atoms with Crippen LogP contribution in [0.15, 0.2) is 18.2 Å². The Morgan fingerprint density at radius 2 is 1.68 bits per heavy atom. The molecule has 2 heteroatoms. The number of carbonyl (C=O) groups is 1. The summed E-state index contributed by atoms with van der Waals surface area (Å²) in [7, 11) is 0. The zero-order valence-electron chi connectivity index (χ0n) is 14.7. The second-order valence-electron chi connectivity index (χ2n) is 7.73. The number of benzene rings is 1. The number of aryl methyl sites for hydroxylation is 1. The van der Waals surface area contributed by atoms with Gasteiger partial charge >= 0.3 is 0 Å². The van der Waals surface area contributed by atoms with E-state index in [4.69, 9.17) is 0 Å². The van der Waals surface area contributed by atoms with Gasteiger partial charge < -0.3 is 0 Å². The normalized spacial score (nSPS) is 19.2. The lowest BCUT2D eigenvalue weighted by atomic mass is 9.62. The van der Waals surface area contributed by atoms with Crippen molar-refractivity contribution in [2.75, 3.05) is 5.75 Å². The molecule has 1 aromatic rings. The summed E-state index contributed by atoms with van der Waals surface area (Å²) in [6.07, 6.45) is 6.75. The van der Waals surface area contributed by atoms with E-state index >= 15 is 0 Å². The topological polar surface area (TPSA) is 17.1 Å². The fraction of sp³-hybridized carbons (Fsp3) is 0.550. The summed E-state index contributed by atoms with van der Waals surface area (Å²) in [5.74, 6) is 0.751. The van der Waals surface area contributed by atoms with Crippen molar-refractivity contribution in [1.82, 2.24) is 0 Å². The number of carbonyl (C=O) groups excluding carboxylic acids is 1. The van der Waals surface area contributed by atoms with Gasteiger partial charge in [0.15, 0.2) is 5.12 Å². The molecule has 1 aromatic carbocycles. The van der Waals surface area contributed by atoms with Crippen molar-refractivity contribution < 1.29 is 4.79 Å². The molecule has 0 unspecified atom stereocenters. The molecule has 1 aliphatic rings. The van der Waals surface area contributed by atoms with Gasteiger partial charge in [0.25, 0.3) is 0 Å². The van der Waals surface area contributed by atoms with Gasteiger partial charge in [-0.2, -0.15) is 0 Å². The van der Waals surface area contributed by atoms with Crippen LogP contribution < -0.4 is 0 Å². The average Bonchev–Trinajstić information content (AvgIpc) is 2.41. The van der Waals surface area contributed by atoms with Crippen molar-refractivity contribution in [3.05, 3.63) is 40.5 Å². The molecule has 1 aliphatic carbocycles. The summed E-state index contributed by atoms with van der Waals surface area (Å²) in [6, 6.07) is 4.76. The monoisotopic (exact) mass is 316 g/mol. The van der Waals surface area contributed by atoms with Crippen molar-refractivity contribution in [2.24, 2.45) is 0 Å². The van der Waals surface area contributed by atoms with Crippen LogP contribution in [0.25, 0.3) is 6.08 Å². The van der Waals surface area contributed by atoms with Crippen LogP contribution in [-0.2, 0) is 15.6 Å². The Kier molecular flexibility index (Phi) is 4.91. The molecule has 22 heavy (non-hydrogen) atoms. The van der Waals surface area contributed by atoms with E-state index in [0.717, 1.165) is 5.75 Å². The second-order valence-corrected chi connectivity index (χ2v) is 8.92. The van der Waals surface area contributed by atoms with E-state index < -0.39 is 0 Å². The Balaban J connectivity index is 2.37. The van der Waals surface area contributed by atoms with Crippen molar-refractivity contribution in [1.29, 1.82) is 0 Å². The maximum atomic E-state index is 11.0. The fourth-order valence-electron chi connectivity index (χ4n) is 3.26. The molecule has 0 heterocycles. The molecule has 0 fully saturated rings. The van der Waals surface area contributed by atoms with Gasteiger partial charge in [0.1, 0.15) is 0 Å². The molecule has 1 nitrogen and oxygen atoms in total. The number of fused-ring (bicyclic) bond motifs is 1. The van der Waals surface area contributed by atoms with Gasteiger partial charge in [-0.05, 0) is 52.8 Å². The number of thioether (sulfide) groups is 1. The lowest BCUT2D eigenvalue weighted by Gasteiger charge is -2.42. The lowest BCUT2D eigenvalue weighted by Crippen LogP contribution is -2.34. The third kappa shape index (κ3) is 3.65. The Morgan fingerprint density at radius 3 is 2.23 bits per heavy atom. The molecule has 0 N–H and O–H groups in total. The van der Waals surface area contributed by atoms with Crippen LogP contribution in [0.3, 0.4) is 0 Å². The summed E-state index contributed by atoms with van der Waals surface area (Å²) in [5, 5.41) is 0.176. The van der Waals surface area contributed by atoms with Gasteiger partial charge in [0.2, 0.25) is 0 Å². The average molecular weight is 317 g/mol. The summed E-state index contributed by atoms with van der Waals surface area (Å²) >= 11 is 1.36. The summed E-state index contributed by atoms with van der Waals surface area (Å²) in [6.45, 7) is 13.2. The van der Waals surface area contributed by atoms with Crippen molar-refractivity contribution in [3.63, 3.8) is 0 Å². The Morgan fingerprint density at radius 1 is 1.14 bits per heavy atom. The second kappa shape index (κ2) is 6.23. The van der Waals surface area contributed by atoms with Gasteiger partial charge in [0, 0.05) is 12.7 Å². The standard InChI is InChI=1S/C20H28OS/c1-14-12-17-18(20(5,6)10-9-19(17,3)4)13-16(14)8-7-11-22-15(2)21/h7-8,12-13H,9-11H2,1-6H3. The van der Waals surface area contributed by atoms with E-state index in [9.17, 15) is 4.79 Å². The first kappa shape index (κ1) is 17.3. The highest BCUT2D eigenvalue weighted by molar-refractivity contribution is 8.13. The Bertz CT molecular complexity index is 608. The highest BCUT2D eigenvalue weighted by Crippen LogP contribution is 2.46. The molecule has 0 atom stereocenters. The van der Waals surface area contributed by atoms with Gasteiger partial charge in [-0.25, -0.2) is 0 Å². The predicted octanol–water partition coefficient (Wildman–Crippen LogP) is 5.64. The van der Waals surface area contributed by atoms with Crippen molar-refractivity contribution in [2.45, 2.75) is 65.2 Å². The molecule has 120 valence electrons. The van der Waals surface area contributed by atoms with Crippen LogP contribution in [0.1, 0.15) is 69.7 Å². The maximum Gasteiger partial charge on any atom is 0.186 e. The first-order chi connectivity index (χ1) is 10.1. The molecule has 0 saturated carbocycles. The number of rotatable bonds is 3. The minimum absolute atomic E-state index is 0.176. The predicted molar refractivity (Wildman–Crippen MR) is 98.6 cm³/mol. The van der Waals surface area contributed by atoms with Gasteiger partial charge in [-0.3, -0.25) is 4.79 Å². The molecule has 2 rings (SSSR count). The third-order valence-electron chi connectivity index (χ3n) is 4.92. The maximum absolute atomic E-state index is 11.0. The minimum atomic E-state index is 0.176. The van der Waals surface area contributed by atoms with Crippen molar-refractivity contribution >= 4 is 23.0 Å². The Labute approximate surface area is 139 Å². The molecule has 0 aromatic heterocycles. The van der Waals surface area contributed by atoms with Gasteiger partial charge in [0.05, 0.1) is 0 Å². The summed E-state index contributed by atoms with van der Waals surface area (Å²) in [4.78, 5) is 11.0. The minimum Gasteiger partial charge on any atom is -0.288 e. The van der Waals surface area contributed by atoms with Crippen molar-refractivity contribution in [3.8, 4) is 0 Å². The van der Waals surface area contributed by atoms with Crippen LogP contribution in [0.2, 0.25) is 0 Å². The van der Waals surface area contributed by atoms with E-state index in [1.165, 1.54) is 46.9 Å². The van der Waals surface area contributed by atoms with Crippen LogP contribution in [0.5, 0.6) is 0 Å². The number of hydrogen-bond acceptors (Lipinski definition) is 2. The molecule has 0 spiro atoms. The molecule has 0 bridgehead atoms. The van der Waals surface area contributed by atoms with Gasteiger partial charge in [-0.15, -0.1) is 0 Å². The van der Waals surface area contributed by atoms with E-state index in [1.54, 1.807) is 6.92 Å². The lowest BCUT2D eigenvalue weighted by molar-refractivity contribution is -0.109. The Hall–Kier alpha value is -1.02. The quantitative estimate of drug-likeness (QED) is 0.718. The van der Waals surface area contributed by atoms with E-state index in [0.29, 0.717) is 0 Å². The smallest absolute Gasteiger partial charge is 0.186 e. The van der Waals surface area contributed by atoms with E-state index in [2.05, 4.69) is 58.9 Å². The SMILES string of the molecule is CC(=O)SCC=Cc1cc2c(cc1C)C(C)(C)CCC2(C)C. The van der Waals surface area contributed by atoms with Crippen LogP contribution in [0, 0.1) is 6.92 Å². The number of hydrogen-bond donors (Lipinski definition) is 0. The first-order valence-electron chi connectivity index (χ1n) is 8.09. The van der Waals surface area contributed by atoms with Crippen LogP contribution in [0.4, 0.5) is 0 Å². The molecule has 0 saturated heterocycles. The highest BCUT2D eigenvalue weighted by Gasteiger charge is 2.37. The summed E-state index contributed by atoms with van der Waals surface area (Å²) in [5.41, 5.74) is 6.13. The zero-order chi connectivity index (χ0) is 16.5. The molecule has 0 amide bonds. The third-order valence-corrected chi connectivity index (χ3v) is 5.69.